The number of morpholine rings is 1. The van der Waals surface area contributed by atoms with Gasteiger partial charge in [0.2, 0.25) is 0 Å². The molecule has 1 atom stereocenters. The molecule has 2 aliphatic rings. The lowest BCUT2D eigenvalue weighted by Gasteiger charge is -2.39. The molecule has 1 N–H and O–H groups in total. The standard InChI is InChI=1S/C15H30N2O/c1-15(2,3)13-4-8-17(9-5-13)10-6-14-12-16-7-11-18-14/h13-14,16H,4-12H2,1-3H3. The smallest absolute Gasteiger partial charge is 0.0712 e. The molecule has 0 aromatic carbocycles. The van der Waals surface area contributed by atoms with Crippen LogP contribution in [0.15, 0.2) is 0 Å². The van der Waals surface area contributed by atoms with Crippen LogP contribution in [-0.4, -0.2) is 50.3 Å². The number of nitrogens with one attached hydrogen (secondary N) is 1. The van der Waals surface area contributed by atoms with E-state index in [4.69, 9.17) is 4.74 Å². The Morgan fingerprint density at radius 1 is 1.22 bits per heavy atom. The maximum Gasteiger partial charge on any atom is 0.0712 e. The zero-order valence-electron chi connectivity index (χ0n) is 12.4. The molecule has 3 nitrogen and oxygen atoms in total. The maximum absolute atomic E-state index is 5.76. The van der Waals surface area contributed by atoms with Crippen molar-refractivity contribution in [2.24, 2.45) is 11.3 Å². The van der Waals surface area contributed by atoms with Gasteiger partial charge in [-0.1, -0.05) is 20.8 Å². The molecule has 0 aromatic heterocycles. The Morgan fingerprint density at radius 2 is 1.94 bits per heavy atom. The SMILES string of the molecule is CC(C)(C)C1CCN(CCC2CNCCO2)CC1. The van der Waals surface area contributed by atoms with Crippen LogP contribution in [0.3, 0.4) is 0 Å². The van der Waals surface area contributed by atoms with Crippen molar-refractivity contribution in [3.63, 3.8) is 0 Å². The summed E-state index contributed by atoms with van der Waals surface area (Å²) in [5, 5.41) is 3.41. The third-order valence-electron chi connectivity index (χ3n) is 4.58. The molecule has 0 bridgehead atoms. The Labute approximate surface area is 112 Å². The number of hydrogen-bond acceptors (Lipinski definition) is 3. The van der Waals surface area contributed by atoms with Crippen molar-refractivity contribution in [2.75, 3.05) is 39.3 Å². The summed E-state index contributed by atoms with van der Waals surface area (Å²) < 4.78 is 5.76. The van der Waals surface area contributed by atoms with Crippen molar-refractivity contribution >= 4 is 0 Å². The highest BCUT2D eigenvalue weighted by Gasteiger charge is 2.28. The van der Waals surface area contributed by atoms with E-state index in [0.717, 1.165) is 25.6 Å². The first-order valence-corrected chi connectivity index (χ1v) is 7.60. The van der Waals surface area contributed by atoms with Crippen LogP contribution >= 0.6 is 0 Å². The maximum atomic E-state index is 5.76. The van der Waals surface area contributed by atoms with E-state index < -0.39 is 0 Å². The van der Waals surface area contributed by atoms with Crippen molar-refractivity contribution < 1.29 is 4.74 Å². The van der Waals surface area contributed by atoms with Crippen LogP contribution in [0.4, 0.5) is 0 Å². The average molecular weight is 254 g/mol. The molecule has 0 spiro atoms. The van der Waals surface area contributed by atoms with Crippen LogP contribution < -0.4 is 5.32 Å². The second kappa shape index (κ2) is 6.36. The van der Waals surface area contributed by atoms with E-state index in [1.165, 1.54) is 38.9 Å². The second-order valence-corrected chi connectivity index (χ2v) is 6.97. The summed E-state index contributed by atoms with van der Waals surface area (Å²) in [6.45, 7) is 13.9. The molecule has 0 aromatic rings. The fourth-order valence-electron chi connectivity index (χ4n) is 3.15. The summed E-state index contributed by atoms with van der Waals surface area (Å²) in [6, 6.07) is 0. The first-order chi connectivity index (χ1) is 8.55. The molecule has 0 amide bonds. The van der Waals surface area contributed by atoms with Gasteiger partial charge in [0, 0.05) is 19.6 Å². The predicted molar refractivity (Wildman–Crippen MR) is 75.8 cm³/mol. The van der Waals surface area contributed by atoms with Gasteiger partial charge < -0.3 is 15.0 Å². The van der Waals surface area contributed by atoms with Crippen LogP contribution in [0.5, 0.6) is 0 Å². The van der Waals surface area contributed by atoms with Gasteiger partial charge in [0.15, 0.2) is 0 Å². The summed E-state index contributed by atoms with van der Waals surface area (Å²) in [7, 11) is 0. The molecule has 2 aliphatic heterocycles. The number of rotatable bonds is 3. The topological polar surface area (TPSA) is 24.5 Å². The molecular formula is C15H30N2O. The molecule has 106 valence electrons. The van der Waals surface area contributed by atoms with Gasteiger partial charge in [-0.2, -0.15) is 0 Å². The Balaban J connectivity index is 1.64. The Kier molecular flexibility index (Phi) is 5.05. The highest BCUT2D eigenvalue weighted by Crippen LogP contribution is 2.34. The number of ether oxygens (including phenoxy) is 1. The van der Waals surface area contributed by atoms with Crippen LogP contribution in [0.2, 0.25) is 0 Å². The Hall–Kier alpha value is -0.120. The lowest BCUT2D eigenvalue weighted by molar-refractivity contribution is 0.0131. The van der Waals surface area contributed by atoms with Gasteiger partial charge in [0.25, 0.3) is 0 Å². The molecule has 18 heavy (non-hydrogen) atoms. The zero-order valence-corrected chi connectivity index (χ0v) is 12.4. The molecule has 0 aliphatic carbocycles. The molecule has 1 unspecified atom stereocenters. The second-order valence-electron chi connectivity index (χ2n) is 6.97. The summed E-state index contributed by atoms with van der Waals surface area (Å²) in [5.41, 5.74) is 0.489. The molecule has 3 heteroatoms. The molecular weight excluding hydrogens is 224 g/mol. The fourth-order valence-corrected chi connectivity index (χ4v) is 3.15. The van der Waals surface area contributed by atoms with Gasteiger partial charge >= 0.3 is 0 Å². The first-order valence-electron chi connectivity index (χ1n) is 7.60. The quantitative estimate of drug-likeness (QED) is 0.835. The van der Waals surface area contributed by atoms with Crippen molar-refractivity contribution in [3.05, 3.63) is 0 Å². The fraction of sp³-hybridized carbons (Fsp3) is 1.00. The van der Waals surface area contributed by atoms with E-state index in [-0.39, 0.29) is 0 Å². The molecule has 2 saturated heterocycles. The van der Waals surface area contributed by atoms with E-state index in [9.17, 15) is 0 Å². The molecule has 2 fully saturated rings. The van der Waals surface area contributed by atoms with Crippen molar-refractivity contribution in [1.29, 1.82) is 0 Å². The normalized spacial score (nSPS) is 28.5. The zero-order chi connectivity index (χ0) is 13.0. The van der Waals surface area contributed by atoms with Gasteiger partial charge in [-0.3, -0.25) is 0 Å². The minimum absolute atomic E-state index is 0.444. The van der Waals surface area contributed by atoms with Crippen LogP contribution in [0.1, 0.15) is 40.0 Å². The number of piperidine rings is 1. The van der Waals surface area contributed by atoms with Crippen molar-refractivity contribution in [1.82, 2.24) is 10.2 Å². The van der Waals surface area contributed by atoms with Crippen molar-refractivity contribution in [3.8, 4) is 0 Å². The molecule has 0 saturated carbocycles. The monoisotopic (exact) mass is 254 g/mol. The minimum Gasteiger partial charge on any atom is -0.376 e. The lowest BCUT2D eigenvalue weighted by Crippen LogP contribution is -2.42. The van der Waals surface area contributed by atoms with E-state index in [2.05, 4.69) is 31.0 Å². The van der Waals surface area contributed by atoms with Crippen LogP contribution in [-0.2, 0) is 4.74 Å². The Morgan fingerprint density at radius 3 is 2.50 bits per heavy atom. The van der Waals surface area contributed by atoms with Gasteiger partial charge in [-0.15, -0.1) is 0 Å². The highest BCUT2D eigenvalue weighted by molar-refractivity contribution is 4.81. The Bertz CT molecular complexity index is 235. The summed E-state index contributed by atoms with van der Waals surface area (Å²) in [6.07, 6.45) is 4.37. The lowest BCUT2D eigenvalue weighted by atomic mass is 9.75. The minimum atomic E-state index is 0.444. The number of nitrogens with zero attached hydrogens (tertiary/aromatic N) is 1. The molecule has 2 rings (SSSR count). The first kappa shape index (κ1) is 14.3. The van der Waals surface area contributed by atoms with Gasteiger partial charge in [0.05, 0.1) is 12.7 Å². The van der Waals surface area contributed by atoms with Gasteiger partial charge in [-0.05, 0) is 43.7 Å². The summed E-state index contributed by atoms with van der Waals surface area (Å²) in [4.78, 5) is 2.63. The third kappa shape index (κ3) is 4.22. The molecule has 0 radical (unpaired) electrons. The van der Waals surface area contributed by atoms with Crippen LogP contribution in [0.25, 0.3) is 0 Å². The highest BCUT2D eigenvalue weighted by atomic mass is 16.5. The summed E-state index contributed by atoms with van der Waals surface area (Å²) in [5.74, 6) is 0.904. The number of likely N-dealkylation sites (tertiary alicyclic amines) is 1. The largest absolute Gasteiger partial charge is 0.376 e. The third-order valence-corrected chi connectivity index (χ3v) is 4.58. The van der Waals surface area contributed by atoms with E-state index >= 15 is 0 Å². The van der Waals surface area contributed by atoms with Gasteiger partial charge in [-0.25, -0.2) is 0 Å². The summed E-state index contributed by atoms with van der Waals surface area (Å²) >= 11 is 0. The number of hydrogen-bond donors (Lipinski definition) is 1. The predicted octanol–water partition coefficient (Wildman–Crippen LogP) is 2.12. The van der Waals surface area contributed by atoms with E-state index in [1.54, 1.807) is 0 Å². The van der Waals surface area contributed by atoms with Crippen LogP contribution in [0, 0.1) is 11.3 Å². The van der Waals surface area contributed by atoms with E-state index in [1.807, 2.05) is 0 Å². The average Bonchev–Trinajstić information content (AvgIpc) is 2.37. The van der Waals surface area contributed by atoms with E-state index in [0.29, 0.717) is 11.5 Å². The molecule has 2 heterocycles. The van der Waals surface area contributed by atoms with Crippen molar-refractivity contribution in [2.45, 2.75) is 46.1 Å². The van der Waals surface area contributed by atoms with Gasteiger partial charge in [0.1, 0.15) is 0 Å².